The molecule has 1 aromatic rings. The minimum Gasteiger partial charge on any atom is -0.383 e. The molecule has 1 heterocycles. The van der Waals surface area contributed by atoms with E-state index >= 15 is 0 Å². The third kappa shape index (κ3) is 4.83. The predicted molar refractivity (Wildman–Crippen MR) is 80.5 cm³/mol. The molecule has 0 saturated carbocycles. The van der Waals surface area contributed by atoms with Crippen LogP contribution in [0.25, 0.3) is 0 Å². The summed E-state index contributed by atoms with van der Waals surface area (Å²) < 4.78 is 10.5. The van der Waals surface area contributed by atoms with Crippen LogP contribution in [-0.4, -0.2) is 55.9 Å². The average molecular weight is 281 g/mol. The number of hydrogen-bond acceptors (Lipinski definition) is 5. The van der Waals surface area contributed by atoms with E-state index in [1.165, 1.54) is 0 Å². The van der Waals surface area contributed by atoms with Crippen LogP contribution in [0.1, 0.15) is 25.6 Å². The fraction of sp³-hybridized carbons (Fsp3) is 0.667. The maximum Gasteiger partial charge on any atom is 0.0674 e. The molecular formula is C15H27N3O2. The number of pyridine rings is 1. The molecule has 5 nitrogen and oxygen atoms in total. The lowest BCUT2D eigenvalue weighted by Gasteiger charge is -2.37. The van der Waals surface area contributed by atoms with Gasteiger partial charge in [-0.15, -0.1) is 0 Å². The molecule has 0 amide bonds. The van der Waals surface area contributed by atoms with Crippen molar-refractivity contribution < 1.29 is 9.47 Å². The number of rotatable bonds is 9. The molecule has 0 bridgehead atoms. The van der Waals surface area contributed by atoms with Crippen LogP contribution in [0.4, 0.5) is 0 Å². The summed E-state index contributed by atoms with van der Waals surface area (Å²) in [5.41, 5.74) is 7.20. The Morgan fingerprint density at radius 3 is 2.50 bits per heavy atom. The van der Waals surface area contributed by atoms with Crippen LogP contribution < -0.4 is 5.73 Å². The van der Waals surface area contributed by atoms with Crippen molar-refractivity contribution in [2.45, 2.75) is 32.0 Å². The van der Waals surface area contributed by atoms with Gasteiger partial charge in [0.1, 0.15) is 0 Å². The highest BCUT2D eigenvalue weighted by molar-refractivity contribution is 5.11. The third-order valence-corrected chi connectivity index (χ3v) is 3.37. The van der Waals surface area contributed by atoms with Gasteiger partial charge < -0.3 is 15.2 Å². The highest BCUT2D eigenvalue weighted by atomic mass is 16.5. The largest absolute Gasteiger partial charge is 0.383 e. The summed E-state index contributed by atoms with van der Waals surface area (Å²) >= 11 is 0. The molecule has 1 rings (SSSR count). The molecule has 0 spiro atoms. The highest BCUT2D eigenvalue weighted by Gasteiger charge is 2.28. The minimum atomic E-state index is -0.0268. The Balaban J connectivity index is 2.98. The van der Waals surface area contributed by atoms with E-state index in [9.17, 15) is 0 Å². The number of nitrogens with zero attached hydrogens (tertiary/aromatic N) is 2. The molecule has 2 N–H and O–H groups in total. The summed E-state index contributed by atoms with van der Waals surface area (Å²) in [5.74, 6) is 0. The molecule has 3 atom stereocenters. The Kier molecular flexibility index (Phi) is 7.69. The fourth-order valence-electron chi connectivity index (χ4n) is 2.46. The molecule has 0 fully saturated rings. The lowest BCUT2D eigenvalue weighted by atomic mass is 10.0. The Morgan fingerprint density at radius 2 is 2.00 bits per heavy atom. The smallest absolute Gasteiger partial charge is 0.0674 e. The first-order chi connectivity index (χ1) is 9.61. The second-order valence-corrected chi connectivity index (χ2v) is 5.09. The molecule has 5 heteroatoms. The van der Waals surface area contributed by atoms with E-state index in [1.54, 1.807) is 20.4 Å². The van der Waals surface area contributed by atoms with Gasteiger partial charge in [-0.3, -0.25) is 9.88 Å². The minimum absolute atomic E-state index is 0.0268. The molecule has 0 aliphatic carbocycles. The summed E-state index contributed by atoms with van der Waals surface area (Å²) in [6, 6.07) is 6.20. The standard InChI is InChI=1S/C15H27N3O2/c1-12(11-20-4)18(9-10-19-3)15(13(2)16)14-7-5-6-8-17-14/h5-8,12-13,15H,9-11,16H2,1-4H3. The van der Waals surface area contributed by atoms with Crippen LogP contribution in [-0.2, 0) is 9.47 Å². The summed E-state index contributed by atoms with van der Waals surface area (Å²) in [5, 5.41) is 0. The highest BCUT2D eigenvalue weighted by Crippen LogP contribution is 2.24. The van der Waals surface area contributed by atoms with Gasteiger partial charge in [0.25, 0.3) is 0 Å². The van der Waals surface area contributed by atoms with Crippen molar-refractivity contribution >= 4 is 0 Å². The van der Waals surface area contributed by atoms with E-state index in [0.29, 0.717) is 13.2 Å². The molecule has 3 unspecified atom stereocenters. The Bertz CT molecular complexity index is 359. The monoisotopic (exact) mass is 281 g/mol. The van der Waals surface area contributed by atoms with Crippen molar-refractivity contribution in [3.8, 4) is 0 Å². The zero-order chi connectivity index (χ0) is 15.0. The molecular weight excluding hydrogens is 254 g/mol. The first kappa shape index (κ1) is 17.0. The van der Waals surface area contributed by atoms with Crippen molar-refractivity contribution in [2.24, 2.45) is 5.73 Å². The van der Waals surface area contributed by atoms with Gasteiger partial charge in [-0.2, -0.15) is 0 Å². The van der Waals surface area contributed by atoms with E-state index in [0.717, 1.165) is 12.2 Å². The average Bonchev–Trinajstić information content (AvgIpc) is 2.44. The molecule has 114 valence electrons. The number of ether oxygens (including phenoxy) is 2. The molecule has 0 radical (unpaired) electrons. The third-order valence-electron chi connectivity index (χ3n) is 3.37. The number of nitrogens with two attached hydrogens (primary N) is 1. The summed E-state index contributed by atoms with van der Waals surface area (Å²) in [4.78, 5) is 6.77. The quantitative estimate of drug-likeness (QED) is 0.742. The van der Waals surface area contributed by atoms with Crippen molar-refractivity contribution in [1.29, 1.82) is 0 Å². The Morgan fingerprint density at radius 1 is 1.25 bits per heavy atom. The number of aromatic nitrogens is 1. The van der Waals surface area contributed by atoms with E-state index in [2.05, 4.69) is 16.8 Å². The van der Waals surface area contributed by atoms with Crippen LogP contribution >= 0.6 is 0 Å². The maximum absolute atomic E-state index is 6.21. The fourth-order valence-corrected chi connectivity index (χ4v) is 2.46. The Labute approximate surface area is 122 Å². The van der Waals surface area contributed by atoms with E-state index in [1.807, 2.05) is 25.1 Å². The van der Waals surface area contributed by atoms with Gasteiger partial charge >= 0.3 is 0 Å². The van der Waals surface area contributed by atoms with Crippen LogP contribution in [0.3, 0.4) is 0 Å². The van der Waals surface area contributed by atoms with Gasteiger partial charge in [-0.25, -0.2) is 0 Å². The Hall–Kier alpha value is -1.01. The van der Waals surface area contributed by atoms with E-state index in [4.69, 9.17) is 15.2 Å². The first-order valence-electron chi connectivity index (χ1n) is 7.02. The van der Waals surface area contributed by atoms with Crippen LogP contribution in [0.15, 0.2) is 24.4 Å². The van der Waals surface area contributed by atoms with Gasteiger partial charge in [-0.05, 0) is 26.0 Å². The van der Waals surface area contributed by atoms with Gasteiger partial charge in [0, 0.05) is 39.0 Å². The van der Waals surface area contributed by atoms with Gasteiger partial charge in [0.05, 0.1) is 24.9 Å². The number of hydrogen-bond donors (Lipinski definition) is 1. The van der Waals surface area contributed by atoms with Crippen molar-refractivity contribution in [1.82, 2.24) is 9.88 Å². The lowest BCUT2D eigenvalue weighted by Crippen LogP contribution is -2.47. The van der Waals surface area contributed by atoms with Gasteiger partial charge in [0.15, 0.2) is 0 Å². The molecule has 0 aliphatic heterocycles. The number of methoxy groups -OCH3 is 2. The normalized spacial score (nSPS) is 16.1. The van der Waals surface area contributed by atoms with E-state index < -0.39 is 0 Å². The second-order valence-electron chi connectivity index (χ2n) is 5.09. The van der Waals surface area contributed by atoms with Gasteiger partial charge in [0.2, 0.25) is 0 Å². The molecule has 20 heavy (non-hydrogen) atoms. The topological polar surface area (TPSA) is 60.6 Å². The molecule has 0 aromatic carbocycles. The van der Waals surface area contributed by atoms with Crippen molar-refractivity contribution in [3.05, 3.63) is 30.1 Å². The molecule has 0 saturated heterocycles. The van der Waals surface area contributed by atoms with Crippen LogP contribution in [0, 0.1) is 0 Å². The van der Waals surface area contributed by atoms with Crippen molar-refractivity contribution in [2.75, 3.05) is 34.0 Å². The zero-order valence-electron chi connectivity index (χ0n) is 13.0. The van der Waals surface area contributed by atoms with Crippen LogP contribution in [0.2, 0.25) is 0 Å². The van der Waals surface area contributed by atoms with E-state index in [-0.39, 0.29) is 18.1 Å². The molecule has 0 aliphatic rings. The summed E-state index contributed by atoms with van der Waals surface area (Å²) in [7, 11) is 3.42. The van der Waals surface area contributed by atoms with Crippen LogP contribution in [0.5, 0.6) is 0 Å². The second kappa shape index (κ2) is 9.02. The predicted octanol–water partition coefficient (Wildman–Crippen LogP) is 1.45. The molecule has 1 aromatic heterocycles. The first-order valence-corrected chi connectivity index (χ1v) is 7.02. The van der Waals surface area contributed by atoms with Gasteiger partial charge in [-0.1, -0.05) is 6.07 Å². The zero-order valence-corrected chi connectivity index (χ0v) is 13.0. The summed E-state index contributed by atoms with van der Waals surface area (Å²) in [6.45, 7) is 6.25. The summed E-state index contributed by atoms with van der Waals surface area (Å²) in [6.07, 6.45) is 1.81. The maximum atomic E-state index is 6.21. The van der Waals surface area contributed by atoms with Crippen molar-refractivity contribution in [3.63, 3.8) is 0 Å². The SMILES string of the molecule is COCCN(C(C)COC)C(c1ccccn1)C(C)N. The lowest BCUT2D eigenvalue weighted by molar-refractivity contribution is 0.0388.